The van der Waals surface area contributed by atoms with E-state index in [0.717, 1.165) is 0 Å². The molecule has 4 aromatic carbocycles. The van der Waals surface area contributed by atoms with E-state index in [2.05, 4.69) is 137 Å². The largest absolute Gasteiger partial charge is 1.00 e. The first-order valence-electron chi connectivity index (χ1n) is 13.0. The van der Waals surface area contributed by atoms with E-state index in [9.17, 15) is 0 Å². The van der Waals surface area contributed by atoms with Crippen molar-refractivity contribution in [1.29, 1.82) is 0 Å². The Bertz CT molecular complexity index is 1510. The molecule has 0 N–H and O–H groups in total. The van der Waals surface area contributed by atoms with Gasteiger partial charge in [0.05, 0.1) is 0 Å². The molecule has 0 saturated heterocycles. The molecule has 0 amide bonds. The smallest absolute Gasteiger partial charge is 1.00 e. The topological polar surface area (TPSA) is 0 Å². The Morgan fingerprint density at radius 2 is 1.18 bits per heavy atom. The van der Waals surface area contributed by atoms with Crippen LogP contribution in [0.2, 0.25) is 0 Å². The molecule has 38 heavy (non-hydrogen) atoms. The Morgan fingerprint density at radius 3 is 1.76 bits per heavy atom. The van der Waals surface area contributed by atoms with E-state index in [0.29, 0.717) is 9.54 Å². The van der Waals surface area contributed by atoms with Crippen LogP contribution in [0.25, 0.3) is 16.7 Å². The van der Waals surface area contributed by atoms with Crippen molar-refractivity contribution in [2.45, 2.75) is 31.3 Å². The fourth-order valence-corrected chi connectivity index (χ4v) is 15.8. The van der Waals surface area contributed by atoms with Crippen molar-refractivity contribution in [3.63, 3.8) is 0 Å². The minimum absolute atomic E-state index is 0. The van der Waals surface area contributed by atoms with Crippen LogP contribution in [0, 0.1) is 12.8 Å². The maximum absolute atomic E-state index is 2.54. The van der Waals surface area contributed by atoms with E-state index in [-0.39, 0.29) is 24.8 Å². The molecule has 2 aliphatic rings. The number of aryl methyl sites for hydroxylation is 1. The summed E-state index contributed by atoms with van der Waals surface area (Å²) in [5.74, 6) is 0.468. The molecule has 0 heterocycles. The van der Waals surface area contributed by atoms with Gasteiger partial charge in [0.25, 0.3) is 0 Å². The molecule has 0 aromatic heterocycles. The third-order valence-corrected chi connectivity index (χ3v) is 17.2. The van der Waals surface area contributed by atoms with Crippen molar-refractivity contribution in [2.24, 2.45) is 5.92 Å². The molecule has 0 aliphatic heterocycles. The van der Waals surface area contributed by atoms with Gasteiger partial charge < -0.3 is 24.8 Å². The number of benzene rings is 4. The van der Waals surface area contributed by atoms with Crippen LogP contribution in [-0.2, 0) is 21.3 Å². The zero-order valence-electron chi connectivity index (χ0n) is 22.3. The van der Waals surface area contributed by atoms with E-state index >= 15 is 0 Å². The van der Waals surface area contributed by atoms with Crippen LogP contribution >= 0.6 is 0 Å². The maximum Gasteiger partial charge on any atom is -1.00 e. The van der Waals surface area contributed by atoms with Crippen molar-refractivity contribution >= 4 is 8.78 Å². The first-order valence-corrected chi connectivity index (χ1v) is 16.9. The summed E-state index contributed by atoms with van der Waals surface area (Å²) in [5.41, 5.74) is 13.0. The Kier molecular flexibility index (Phi) is 8.94. The molecule has 0 bridgehead atoms. The molecule has 190 valence electrons. The van der Waals surface area contributed by atoms with Gasteiger partial charge in [-0.3, -0.25) is 0 Å². The summed E-state index contributed by atoms with van der Waals surface area (Å²) < 4.78 is 3.90. The van der Waals surface area contributed by atoms with Crippen LogP contribution in [0.15, 0.2) is 118 Å². The maximum atomic E-state index is 2.54. The Labute approximate surface area is 247 Å². The second-order valence-corrected chi connectivity index (χ2v) is 16.9. The molecule has 0 saturated carbocycles. The van der Waals surface area contributed by atoms with Crippen molar-refractivity contribution in [3.8, 4) is 11.1 Å². The average Bonchev–Trinajstić information content (AvgIpc) is 3.40. The molecule has 0 spiro atoms. The van der Waals surface area contributed by atoms with Crippen LogP contribution in [-0.4, -0.2) is 3.21 Å². The summed E-state index contributed by atoms with van der Waals surface area (Å²) in [7, 11) is 0. The molecule has 1 unspecified atom stereocenters. The zero-order chi connectivity index (χ0) is 24.8. The predicted octanol–water partition coefficient (Wildman–Crippen LogP) is 2.94. The van der Waals surface area contributed by atoms with Gasteiger partial charge in [-0.15, -0.1) is 0 Å². The Morgan fingerprint density at radius 1 is 0.658 bits per heavy atom. The fourth-order valence-electron chi connectivity index (χ4n) is 6.32. The number of hydrogen-bond donors (Lipinski definition) is 0. The summed E-state index contributed by atoms with van der Waals surface area (Å²) in [4.78, 5) is 0. The molecule has 3 heteroatoms. The summed E-state index contributed by atoms with van der Waals surface area (Å²) in [6, 6.07) is 38.6. The molecule has 1 atom stereocenters. The molecule has 0 nitrogen and oxygen atoms in total. The SMILES string of the molecule is CC1=[C](/[Zr+2](=[C](\C)c2ccc(C)cc2)[CH]2c3ccccc3-c3ccccc32)C(C)C=C1c1ccccc1.[Cl-].[Cl-]. The van der Waals surface area contributed by atoms with Gasteiger partial charge in [-0.05, 0) is 0 Å². The molecule has 6 rings (SSSR count). The molecule has 0 radical (unpaired) electrons. The number of hydrogen-bond acceptors (Lipinski definition) is 0. The van der Waals surface area contributed by atoms with E-state index < -0.39 is 21.3 Å². The number of halogens is 2. The van der Waals surface area contributed by atoms with Gasteiger partial charge in [-0.1, -0.05) is 0 Å². The van der Waals surface area contributed by atoms with Crippen molar-refractivity contribution < 1.29 is 46.1 Å². The van der Waals surface area contributed by atoms with Crippen LogP contribution in [0.4, 0.5) is 0 Å². The first-order chi connectivity index (χ1) is 17.5. The van der Waals surface area contributed by atoms with Crippen LogP contribution in [0.3, 0.4) is 0 Å². The third-order valence-electron chi connectivity index (χ3n) is 8.07. The summed E-state index contributed by atoms with van der Waals surface area (Å²) >= 11 is -2.50. The second-order valence-electron chi connectivity index (χ2n) is 10.3. The van der Waals surface area contributed by atoms with Gasteiger partial charge in [0.15, 0.2) is 0 Å². The molecular weight excluding hydrogens is 583 g/mol. The monoisotopic (exact) mass is 612 g/mol. The second kappa shape index (κ2) is 11.8. The number of allylic oxidation sites excluding steroid dienone is 4. The standard InChI is InChI=1S/C13H9.C13H13.C9H10.2ClH.Zr/c1-3-7-12-10(5-1)9-11-6-2-4-8-13(11)12;1-10-8-11(2)13(9-10)12-6-4-3-5-7-12;1-3-9-6-4-8(2)5-7-9;;;/h1-9H;3-7,9-10H,1-2H3;4-7H,1-2H3;2*1H;/q;;;;;+2/p-2. The number of rotatable bonds is 4. The van der Waals surface area contributed by atoms with Gasteiger partial charge in [0.2, 0.25) is 0 Å². The van der Waals surface area contributed by atoms with Gasteiger partial charge in [-0.2, -0.15) is 0 Å². The van der Waals surface area contributed by atoms with Crippen LogP contribution < -0.4 is 24.8 Å². The van der Waals surface area contributed by atoms with Crippen LogP contribution in [0.5, 0.6) is 0 Å². The predicted molar refractivity (Wildman–Crippen MR) is 151 cm³/mol. The first kappa shape index (κ1) is 28.7. The summed E-state index contributed by atoms with van der Waals surface area (Å²) in [6.45, 7) is 9.47. The summed E-state index contributed by atoms with van der Waals surface area (Å²) in [5, 5.41) is 0. The molecule has 4 aromatic rings. The van der Waals surface area contributed by atoms with Gasteiger partial charge in [-0.25, -0.2) is 0 Å². The van der Waals surface area contributed by atoms with Gasteiger partial charge >= 0.3 is 224 Å². The van der Waals surface area contributed by atoms with E-state index in [1.807, 2.05) is 0 Å². The molecular formula is C35H32Cl2Zr. The van der Waals surface area contributed by atoms with Gasteiger partial charge in [0.1, 0.15) is 0 Å². The van der Waals surface area contributed by atoms with E-state index in [1.165, 1.54) is 39.0 Å². The summed E-state index contributed by atoms with van der Waals surface area (Å²) in [6.07, 6.45) is 2.54. The third kappa shape index (κ3) is 4.90. The minimum Gasteiger partial charge on any atom is -1.00 e. The average molecular weight is 615 g/mol. The van der Waals surface area contributed by atoms with Crippen LogP contribution in [0.1, 0.15) is 52.2 Å². The zero-order valence-corrected chi connectivity index (χ0v) is 26.3. The van der Waals surface area contributed by atoms with Crippen molar-refractivity contribution in [1.82, 2.24) is 0 Å². The molecule has 2 aliphatic carbocycles. The fraction of sp³-hybridized carbons (Fsp3) is 0.171. The van der Waals surface area contributed by atoms with E-state index in [1.54, 1.807) is 17.6 Å². The normalized spacial score (nSPS) is 16.2. The van der Waals surface area contributed by atoms with Crippen molar-refractivity contribution in [3.05, 3.63) is 146 Å². The molecule has 0 fully saturated rings. The Hall–Kier alpha value is -2.31. The number of fused-ring (bicyclic) bond motifs is 3. The Balaban J connectivity index is 0.00000168. The van der Waals surface area contributed by atoms with E-state index in [4.69, 9.17) is 0 Å². The van der Waals surface area contributed by atoms with Crippen molar-refractivity contribution in [2.75, 3.05) is 0 Å². The quantitative estimate of drug-likeness (QED) is 0.332. The minimum atomic E-state index is -2.50. The van der Waals surface area contributed by atoms with Gasteiger partial charge in [0, 0.05) is 0 Å².